The fourth-order valence-corrected chi connectivity index (χ4v) is 1.78. The molecule has 0 aromatic carbocycles. The number of nitrogens with zero attached hydrogens (tertiary/aromatic N) is 1. The summed E-state index contributed by atoms with van der Waals surface area (Å²) in [6, 6.07) is 4.48. The second kappa shape index (κ2) is 5.14. The van der Waals surface area contributed by atoms with E-state index in [1.807, 2.05) is 16.8 Å². The Morgan fingerprint density at radius 3 is 2.78 bits per heavy atom. The molecule has 0 radical (unpaired) electrons. The average molecular weight is 249 g/mol. The zero-order valence-corrected chi connectivity index (χ0v) is 11.5. The molecule has 1 fully saturated rings. The average Bonchev–Trinajstić information content (AvgIpc) is 2.93. The van der Waals surface area contributed by atoms with Crippen LogP contribution in [0.2, 0.25) is 0 Å². The van der Waals surface area contributed by atoms with E-state index in [1.54, 1.807) is 0 Å². The Labute approximate surface area is 109 Å². The van der Waals surface area contributed by atoms with E-state index in [0.29, 0.717) is 12.6 Å². The molecule has 0 spiro atoms. The molecule has 100 valence electrons. The fourth-order valence-electron chi connectivity index (χ4n) is 1.78. The van der Waals surface area contributed by atoms with E-state index in [4.69, 9.17) is 0 Å². The summed E-state index contributed by atoms with van der Waals surface area (Å²) in [5, 5.41) is 6.45. The maximum absolute atomic E-state index is 11.8. The van der Waals surface area contributed by atoms with Crippen LogP contribution in [0.3, 0.4) is 0 Å². The van der Waals surface area contributed by atoms with Crippen molar-refractivity contribution in [2.75, 3.05) is 0 Å². The van der Waals surface area contributed by atoms with Gasteiger partial charge in [-0.15, -0.1) is 0 Å². The maximum atomic E-state index is 11.8. The normalized spacial score (nSPS) is 15.7. The van der Waals surface area contributed by atoms with Gasteiger partial charge in [-0.3, -0.25) is 4.79 Å². The monoisotopic (exact) mass is 249 g/mol. The molecule has 0 aliphatic heterocycles. The van der Waals surface area contributed by atoms with Crippen LogP contribution in [0.1, 0.15) is 39.3 Å². The Hall–Kier alpha value is -1.29. The number of nitrogens with one attached hydrogen (secondary N) is 2. The van der Waals surface area contributed by atoms with E-state index in [9.17, 15) is 4.79 Å². The molecule has 1 saturated carbocycles. The van der Waals surface area contributed by atoms with E-state index in [2.05, 4.69) is 37.5 Å². The van der Waals surface area contributed by atoms with Crippen LogP contribution in [0.5, 0.6) is 0 Å². The molecule has 1 amide bonds. The number of hydrogen-bond acceptors (Lipinski definition) is 2. The highest BCUT2D eigenvalue weighted by Crippen LogP contribution is 2.18. The minimum Gasteiger partial charge on any atom is -0.352 e. The molecule has 0 saturated heterocycles. The first-order valence-electron chi connectivity index (χ1n) is 6.62. The SMILES string of the molecule is CC(C)(C)NCc1cccn1CC(=O)NC1CC1. The summed E-state index contributed by atoms with van der Waals surface area (Å²) >= 11 is 0. The van der Waals surface area contributed by atoms with Crippen LogP contribution >= 0.6 is 0 Å². The third-order valence-corrected chi connectivity index (χ3v) is 2.98. The highest BCUT2D eigenvalue weighted by molar-refractivity contribution is 5.76. The highest BCUT2D eigenvalue weighted by atomic mass is 16.2. The third-order valence-electron chi connectivity index (χ3n) is 2.98. The van der Waals surface area contributed by atoms with Crippen molar-refractivity contribution in [2.45, 2.75) is 58.3 Å². The Kier molecular flexibility index (Phi) is 3.76. The van der Waals surface area contributed by atoms with E-state index < -0.39 is 0 Å². The van der Waals surface area contributed by atoms with Crippen molar-refractivity contribution in [1.29, 1.82) is 0 Å². The van der Waals surface area contributed by atoms with Gasteiger partial charge < -0.3 is 15.2 Å². The molecule has 4 heteroatoms. The van der Waals surface area contributed by atoms with Gasteiger partial charge in [0.05, 0.1) is 0 Å². The first kappa shape index (κ1) is 13.1. The molecule has 18 heavy (non-hydrogen) atoms. The van der Waals surface area contributed by atoms with E-state index in [-0.39, 0.29) is 11.4 Å². The molecule has 0 bridgehead atoms. The van der Waals surface area contributed by atoms with Gasteiger partial charge in [0.15, 0.2) is 0 Å². The van der Waals surface area contributed by atoms with Gasteiger partial charge in [-0.05, 0) is 45.7 Å². The summed E-state index contributed by atoms with van der Waals surface area (Å²) in [6.07, 6.45) is 4.23. The van der Waals surface area contributed by atoms with Gasteiger partial charge in [0.2, 0.25) is 5.91 Å². The predicted molar refractivity (Wildman–Crippen MR) is 72.2 cm³/mol. The Morgan fingerprint density at radius 2 is 2.17 bits per heavy atom. The molecule has 1 aromatic heterocycles. The van der Waals surface area contributed by atoms with Crippen LogP contribution in [-0.2, 0) is 17.9 Å². The first-order chi connectivity index (χ1) is 8.44. The molecule has 1 heterocycles. The van der Waals surface area contributed by atoms with E-state index >= 15 is 0 Å². The van der Waals surface area contributed by atoms with Gasteiger partial charge in [-0.2, -0.15) is 0 Å². The molecule has 4 nitrogen and oxygen atoms in total. The molecule has 1 aliphatic rings. The minimum atomic E-state index is 0.0887. The fraction of sp³-hybridized carbons (Fsp3) is 0.643. The Morgan fingerprint density at radius 1 is 1.44 bits per heavy atom. The lowest BCUT2D eigenvalue weighted by Gasteiger charge is -2.21. The van der Waals surface area contributed by atoms with Crippen molar-refractivity contribution in [2.24, 2.45) is 0 Å². The quantitative estimate of drug-likeness (QED) is 0.833. The van der Waals surface area contributed by atoms with Crippen molar-refractivity contribution in [3.05, 3.63) is 24.0 Å². The molecule has 0 atom stereocenters. The molecule has 1 aromatic rings. The van der Waals surface area contributed by atoms with Crippen molar-refractivity contribution in [3.8, 4) is 0 Å². The summed E-state index contributed by atoms with van der Waals surface area (Å²) in [4.78, 5) is 11.8. The number of carbonyl (C=O) groups excluding carboxylic acids is 1. The smallest absolute Gasteiger partial charge is 0.240 e. The van der Waals surface area contributed by atoms with Gasteiger partial charge in [-0.25, -0.2) is 0 Å². The minimum absolute atomic E-state index is 0.0887. The predicted octanol–water partition coefficient (Wildman–Crippen LogP) is 1.65. The number of aromatic nitrogens is 1. The van der Waals surface area contributed by atoms with Crippen molar-refractivity contribution >= 4 is 5.91 Å². The molecular formula is C14H23N3O. The van der Waals surface area contributed by atoms with Crippen LogP contribution in [0, 0.1) is 0 Å². The van der Waals surface area contributed by atoms with E-state index in [1.165, 1.54) is 0 Å². The van der Waals surface area contributed by atoms with Crippen LogP contribution in [0.4, 0.5) is 0 Å². The topological polar surface area (TPSA) is 46.1 Å². The van der Waals surface area contributed by atoms with Crippen LogP contribution in [-0.4, -0.2) is 22.1 Å². The second-order valence-corrected chi connectivity index (χ2v) is 6.07. The van der Waals surface area contributed by atoms with Crippen molar-refractivity contribution < 1.29 is 4.79 Å². The molecule has 2 rings (SSSR count). The highest BCUT2D eigenvalue weighted by Gasteiger charge is 2.23. The molecule has 1 aliphatic carbocycles. The number of hydrogen-bond donors (Lipinski definition) is 2. The Balaban J connectivity index is 1.88. The van der Waals surface area contributed by atoms with Gasteiger partial charge in [0, 0.05) is 30.0 Å². The van der Waals surface area contributed by atoms with Gasteiger partial charge in [0.25, 0.3) is 0 Å². The summed E-state index contributed by atoms with van der Waals surface area (Å²) < 4.78 is 2.01. The van der Waals surface area contributed by atoms with Crippen molar-refractivity contribution in [3.63, 3.8) is 0 Å². The number of rotatable bonds is 5. The summed E-state index contributed by atoms with van der Waals surface area (Å²) in [5.74, 6) is 0.116. The zero-order valence-electron chi connectivity index (χ0n) is 11.5. The zero-order chi connectivity index (χ0) is 13.2. The largest absolute Gasteiger partial charge is 0.352 e. The second-order valence-electron chi connectivity index (χ2n) is 6.07. The number of amides is 1. The summed E-state index contributed by atoms with van der Waals surface area (Å²) in [7, 11) is 0. The molecule has 2 N–H and O–H groups in total. The van der Waals surface area contributed by atoms with Gasteiger partial charge in [-0.1, -0.05) is 0 Å². The van der Waals surface area contributed by atoms with Crippen LogP contribution < -0.4 is 10.6 Å². The van der Waals surface area contributed by atoms with Crippen LogP contribution in [0.25, 0.3) is 0 Å². The molecule has 0 unspecified atom stereocenters. The van der Waals surface area contributed by atoms with Crippen molar-refractivity contribution in [1.82, 2.24) is 15.2 Å². The number of carbonyl (C=O) groups is 1. The van der Waals surface area contributed by atoms with E-state index in [0.717, 1.165) is 25.1 Å². The lowest BCUT2D eigenvalue weighted by Crippen LogP contribution is -2.36. The van der Waals surface area contributed by atoms with Crippen LogP contribution in [0.15, 0.2) is 18.3 Å². The summed E-state index contributed by atoms with van der Waals surface area (Å²) in [5.41, 5.74) is 1.24. The summed E-state index contributed by atoms with van der Waals surface area (Å²) in [6.45, 7) is 7.62. The lowest BCUT2D eigenvalue weighted by atomic mass is 10.1. The van der Waals surface area contributed by atoms with Gasteiger partial charge in [0.1, 0.15) is 6.54 Å². The third kappa shape index (κ3) is 4.18. The maximum Gasteiger partial charge on any atom is 0.240 e. The standard InChI is InChI=1S/C14H23N3O/c1-14(2,3)15-9-12-5-4-8-17(12)10-13(18)16-11-6-7-11/h4-5,8,11,15H,6-7,9-10H2,1-3H3,(H,16,18). The van der Waals surface area contributed by atoms with Gasteiger partial charge >= 0.3 is 0 Å². The molecular weight excluding hydrogens is 226 g/mol. The Bertz CT molecular complexity index is 413. The first-order valence-corrected chi connectivity index (χ1v) is 6.62. The lowest BCUT2D eigenvalue weighted by molar-refractivity contribution is -0.121.